The summed E-state index contributed by atoms with van der Waals surface area (Å²) in [7, 11) is 1.80. The number of rotatable bonds is 2. The molecule has 20 heavy (non-hydrogen) atoms. The molecule has 1 heterocycles. The predicted octanol–water partition coefficient (Wildman–Crippen LogP) is 3.35. The topological polar surface area (TPSA) is 39.9 Å². The Morgan fingerprint density at radius 2 is 2.15 bits per heavy atom. The predicted molar refractivity (Wildman–Crippen MR) is 75.4 cm³/mol. The maximum Gasteiger partial charge on any atom is 0.151 e. The van der Waals surface area contributed by atoms with Crippen molar-refractivity contribution in [3.63, 3.8) is 0 Å². The summed E-state index contributed by atoms with van der Waals surface area (Å²) in [6.45, 7) is 0. The summed E-state index contributed by atoms with van der Waals surface area (Å²) >= 11 is 0. The van der Waals surface area contributed by atoms with E-state index in [0.29, 0.717) is 17.1 Å². The number of benzene rings is 1. The summed E-state index contributed by atoms with van der Waals surface area (Å²) in [5, 5.41) is 9.31. The highest BCUT2D eigenvalue weighted by atomic mass is 19.1. The van der Waals surface area contributed by atoms with Gasteiger partial charge in [0.05, 0.1) is 5.56 Å². The number of nitrogens with zero attached hydrogens (tertiary/aromatic N) is 3. The second-order valence-electron chi connectivity index (χ2n) is 4.97. The van der Waals surface area contributed by atoms with Crippen molar-refractivity contribution >= 4 is 11.5 Å². The number of hydrogen-bond donors (Lipinski definition) is 0. The van der Waals surface area contributed by atoms with Gasteiger partial charge >= 0.3 is 0 Å². The molecular formula is C16H14FN3. The first kappa shape index (κ1) is 12.6. The Kier molecular flexibility index (Phi) is 3.11. The van der Waals surface area contributed by atoms with Gasteiger partial charge in [0.15, 0.2) is 5.82 Å². The first-order valence-electron chi connectivity index (χ1n) is 6.61. The van der Waals surface area contributed by atoms with E-state index in [1.807, 2.05) is 6.07 Å². The van der Waals surface area contributed by atoms with Crippen LogP contribution < -0.4 is 4.90 Å². The van der Waals surface area contributed by atoms with Crippen LogP contribution in [-0.4, -0.2) is 12.0 Å². The molecule has 2 aromatic rings. The summed E-state index contributed by atoms with van der Waals surface area (Å²) in [5.41, 5.74) is 3.45. The molecule has 0 fully saturated rings. The largest absolute Gasteiger partial charge is 0.328 e. The van der Waals surface area contributed by atoms with Gasteiger partial charge in [-0.1, -0.05) is 6.07 Å². The van der Waals surface area contributed by atoms with Crippen molar-refractivity contribution < 1.29 is 4.39 Å². The molecular weight excluding hydrogens is 253 g/mol. The minimum atomic E-state index is -0.297. The maximum atomic E-state index is 13.3. The van der Waals surface area contributed by atoms with Gasteiger partial charge in [0.2, 0.25) is 0 Å². The van der Waals surface area contributed by atoms with Crippen molar-refractivity contribution in [2.24, 2.45) is 0 Å². The van der Waals surface area contributed by atoms with E-state index >= 15 is 0 Å². The number of fused-ring (bicyclic) bond motifs is 1. The van der Waals surface area contributed by atoms with Crippen LogP contribution in [0.1, 0.15) is 23.2 Å². The summed E-state index contributed by atoms with van der Waals surface area (Å²) in [4.78, 5) is 6.38. The molecule has 0 saturated heterocycles. The van der Waals surface area contributed by atoms with E-state index in [4.69, 9.17) is 0 Å². The van der Waals surface area contributed by atoms with Crippen LogP contribution in [0, 0.1) is 17.1 Å². The molecule has 0 saturated carbocycles. The number of nitriles is 1. The molecule has 0 aliphatic heterocycles. The fourth-order valence-corrected chi connectivity index (χ4v) is 2.61. The maximum absolute atomic E-state index is 13.3. The van der Waals surface area contributed by atoms with Crippen molar-refractivity contribution in [3.05, 3.63) is 53.0 Å². The second kappa shape index (κ2) is 4.93. The average molecular weight is 267 g/mol. The molecule has 0 bridgehead atoms. The Morgan fingerprint density at radius 1 is 1.30 bits per heavy atom. The van der Waals surface area contributed by atoms with Crippen LogP contribution in [0.25, 0.3) is 0 Å². The minimum absolute atomic E-state index is 0.297. The van der Waals surface area contributed by atoms with Crippen molar-refractivity contribution in [1.82, 2.24) is 4.98 Å². The summed E-state index contributed by atoms with van der Waals surface area (Å²) < 4.78 is 13.3. The van der Waals surface area contributed by atoms with Gasteiger partial charge in [-0.25, -0.2) is 9.37 Å². The van der Waals surface area contributed by atoms with Gasteiger partial charge in [-0.2, -0.15) is 5.26 Å². The van der Waals surface area contributed by atoms with Gasteiger partial charge in [-0.15, -0.1) is 0 Å². The van der Waals surface area contributed by atoms with Crippen LogP contribution >= 0.6 is 0 Å². The zero-order valence-electron chi connectivity index (χ0n) is 11.2. The van der Waals surface area contributed by atoms with Crippen molar-refractivity contribution in [2.45, 2.75) is 19.3 Å². The zero-order valence-corrected chi connectivity index (χ0v) is 11.2. The lowest BCUT2D eigenvalue weighted by molar-refractivity contribution is 0.628. The quantitative estimate of drug-likeness (QED) is 0.837. The standard InChI is InChI=1S/C16H14FN3/c1-20(14-6-3-5-13(17)9-14)16-12(10-18)8-11-4-2-7-15(11)19-16/h3,5-6,8-9H,2,4,7H2,1H3. The molecule has 100 valence electrons. The number of aromatic nitrogens is 1. The Bertz CT molecular complexity index is 703. The monoisotopic (exact) mass is 267 g/mol. The number of anilines is 2. The van der Waals surface area contributed by atoms with Gasteiger partial charge in [0.25, 0.3) is 0 Å². The van der Waals surface area contributed by atoms with E-state index in [1.165, 1.54) is 12.1 Å². The van der Waals surface area contributed by atoms with E-state index in [-0.39, 0.29) is 5.82 Å². The third-order valence-electron chi connectivity index (χ3n) is 3.66. The first-order chi connectivity index (χ1) is 9.69. The highest BCUT2D eigenvalue weighted by Crippen LogP contribution is 2.30. The van der Waals surface area contributed by atoms with Crippen LogP contribution in [0.2, 0.25) is 0 Å². The molecule has 0 unspecified atom stereocenters. The van der Waals surface area contributed by atoms with Crippen molar-refractivity contribution in [3.8, 4) is 6.07 Å². The number of pyridine rings is 1. The van der Waals surface area contributed by atoms with E-state index in [2.05, 4.69) is 11.1 Å². The molecule has 0 spiro atoms. The van der Waals surface area contributed by atoms with Crippen LogP contribution in [-0.2, 0) is 12.8 Å². The van der Waals surface area contributed by atoms with Crippen LogP contribution in [0.5, 0.6) is 0 Å². The molecule has 1 aliphatic rings. The fraction of sp³-hybridized carbons (Fsp3) is 0.250. The molecule has 1 aromatic heterocycles. The van der Waals surface area contributed by atoms with E-state index < -0.39 is 0 Å². The Morgan fingerprint density at radius 3 is 2.90 bits per heavy atom. The first-order valence-corrected chi connectivity index (χ1v) is 6.61. The molecule has 0 radical (unpaired) electrons. The second-order valence-corrected chi connectivity index (χ2v) is 4.97. The molecule has 0 atom stereocenters. The van der Waals surface area contributed by atoms with Crippen LogP contribution in [0.3, 0.4) is 0 Å². The SMILES string of the molecule is CN(c1cccc(F)c1)c1nc2c(cc1C#N)CCC2. The zero-order chi connectivity index (χ0) is 14.1. The molecule has 3 rings (SSSR count). The lowest BCUT2D eigenvalue weighted by atomic mass is 10.1. The highest BCUT2D eigenvalue weighted by molar-refractivity contribution is 5.66. The van der Waals surface area contributed by atoms with E-state index in [9.17, 15) is 9.65 Å². The molecule has 1 aromatic carbocycles. The van der Waals surface area contributed by atoms with Crippen LogP contribution in [0.4, 0.5) is 15.9 Å². The van der Waals surface area contributed by atoms with Gasteiger partial charge in [-0.05, 0) is 49.1 Å². The van der Waals surface area contributed by atoms with Gasteiger partial charge < -0.3 is 4.90 Å². The third-order valence-corrected chi connectivity index (χ3v) is 3.66. The van der Waals surface area contributed by atoms with Gasteiger partial charge in [0, 0.05) is 18.4 Å². The number of halogens is 1. The van der Waals surface area contributed by atoms with Gasteiger partial charge in [-0.3, -0.25) is 0 Å². The molecule has 1 aliphatic carbocycles. The summed E-state index contributed by atoms with van der Waals surface area (Å²) in [5.74, 6) is 0.299. The lowest BCUT2D eigenvalue weighted by Gasteiger charge is -2.20. The number of hydrogen-bond acceptors (Lipinski definition) is 3. The van der Waals surface area contributed by atoms with Crippen molar-refractivity contribution in [2.75, 3.05) is 11.9 Å². The lowest BCUT2D eigenvalue weighted by Crippen LogP contribution is -2.14. The van der Waals surface area contributed by atoms with E-state index in [1.54, 1.807) is 24.1 Å². The average Bonchev–Trinajstić information content (AvgIpc) is 2.92. The third kappa shape index (κ3) is 2.12. The summed E-state index contributed by atoms with van der Waals surface area (Å²) in [6.07, 6.45) is 3.02. The summed E-state index contributed by atoms with van der Waals surface area (Å²) in [6, 6.07) is 10.4. The Hall–Kier alpha value is -2.41. The van der Waals surface area contributed by atoms with Crippen molar-refractivity contribution in [1.29, 1.82) is 5.26 Å². The van der Waals surface area contributed by atoms with Crippen LogP contribution in [0.15, 0.2) is 30.3 Å². The highest BCUT2D eigenvalue weighted by Gasteiger charge is 2.19. The fourth-order valence-electron chi connectivity index (χ4n) is 2.61. The molecule has 3 nitrogen and oxygen atoms in total. The van der Waals surface area contributed by atoms with Gasteiger partial charge in [0.1, 0.15) is 11.9 Å². The number of aryl methyl sites for hydroxylation is 2. The molecule has 0 N–H and O–H groups in total. The molecule has 0 amide bonds. The Balaban J connectivity index is 2.07. The Labute approximate surface area is 117 Å². The minimum Gasteiger partial charge on any atom is -0.328 e. The smallest absolute Gasteiger partial charge is 0.151 e. The molecule has 4 heteroatoms. The normalized spacial score (nSPS) is 12.8. The van der Waals surface area contributed by atoms with E-state index in [0.717, 1.165) is 30.5 Å².